The highest BCUT2D eigenvalue weighted by Gasteiger charge is 2.33. The first-order valence-electron chi connectivity index (χ1n) is 8.35. The summed E-state index contributed by atoms with van der Waals surface area (Å²) in [6, 6.07) is 0.747. The number of nitrogens with zero attached hydrogens (tertiary/aromatic N) is 2. The molecular weight excluding hydrogens is 246 g/mol. The Labute approximate surface area is 127 Å². The van der Waals surface area contributed by atoms with E-state index in [0.29, 0.717) is 5.41 Å². The van der Waals surface area contributed by atoms with Gasteiger partial charge in [0.15, 0.2) is 0 Å². The third kappa shape index (κ3) is 5.34. The normalized spacial score (nSPS) is 21.9. The van der Waals surface area contributed by atoms with Crippen molar-refractivity contribution in [2.24, 2.45) is 5.41 Å². The van der Waals surface area contributed by atoms with Crippen molar-refractivity contribution < 1.29 is 0 Å². The van der Waals surface area contributed by atoms with Crippen LogP contribution in [0.15, 0.2) is 0 Å². The van der Waals surface area contributed by atoms with E-state index in [1.807, 2.05) is 0 Å². The van der Waals surface area contributed by atoms with Gasteiger partial charge in [-0.2, -0.15) is 0 Å². The summed E-state index contributed by atoms with van der Waals surface area (Å²) >= 11 is 0. The number of likely N-dealkylation sites (tertiary alicyclic amines) is 1. The molecule has 0 amide bonds. The van der Waals surface area contributed by atoms with E-state index in [9.17, 15) is 0 Å². The van der Waals surface area contributed by atoms with E-state index in [-0.39, 0.29) is 5.54 Å². The second-order valence-corrected chi connectivity index (χ2v) is 7.95. The third-order valence-corrected chi connectivity index (χ3v) is 5.03. The lowest BCUT2D eigenvalue weighted by Crippen LogP contribution is -2.48. The van der Waals surface area contributed by atoms with Gasteiger partial charge in [0.2, 0.25) is 0 Å². The molecule has 1 unspecified atom stereocenters. The van der Waals surface area contributed by atoms with Gasteiger partial charge in [0, 0.05) is 31.2 Å². The van der Waals surface area contributed by atoms with Crippen LogP contribution < -0.4 is 5.32 Å². The average molecular weight is 284 g/mol. The zero-order valence-electron chi connectivity index (χ0n) is 14.9. The van der Waals surface area contributed by atoms with Crippen LogP contribution in [0.1, 0.15) is 53.9 Å². The van der Waals surface area contributed by atoms with Crippen LogP contribution in [0.3, 0.4) is 0 Å². The second-order valence-electron chi connectivity index (χ2n) is 7.95. The van der Waals surface area contributed by atoms with Crippen LogP contribution in [0.2, 0.25) is 0 Å². The van der Waals surface area contributed by atoms with Crippen molar-refractivity contribution in [2.45, 2.75) is 65.5 Å². The van der Waals surface area contributed by atoms with Crippen molar-refractivity contribution in [3.05, 3.63) is 0 Å². The summed E-state index contributed by atoms with van der Waals surface area (Å²) < 4.78 is 0. The van der Waals surface area contributed by atoms with E-state index in [0.717, 1.165) is 12.6 Å². The Bertz CT molecular complexity index is 276. The van der Waals surface area contributed by atoms with Gasteiger partial charge in [0.05, 0.1) is 0 Å². The molecule has 1 aliphatic rings. The Kier molecular flexibility index (Phi) is 6.49. The first-order valence-corrected chi connectivity index (χ1v) is 8.35. The van der Waals surface area contributed by atoms with Crippen molar-refractivity contribution in [2.75, 3.05) is 40.3 Å². The van der Waals surface area contributed by atoms with Crippen LogP contribution in [-0.4, -0.2) is 61.7 Å². The SMILES string of the molecule is CCC(CC)(CNC(C)(C)C)CN1CCC(N(C)C)C1. The molecule has 1 fully saturated rings. The fourth-order valence-corrected chi connectivity index (χ4v) is 3.08. The van der Waals surface area contributed by atoms with E-state index in [4.69, 9.17) is 0 Å². The van der Waals surface area contributed by atoms with Crippen molar-refractivity contribution in [3.8, 4) is 0 Å². The molecule has 1 atom stereocenters. The highest BCUT2D eigenvalue weighted by molar-refractivity contribution is 4.89. The third-order valence-electron chi connectivity index (χ3n) is 5.03. The topological polar surface area (TPSA) is 18.5 Å². The summed E-state index contributed by atoms with van der Waals surface area (Å²) in [5.74, 6) is 0. The van der Waals surface area contributed by atoms with Gasteiger partial charge in [-0.15, -0.1) is 0 Å². The number of nitrogens with one attached hydrogen (secondary N) is 1. The minimum absolute atomic E-state index is 0.215. The number of hydrogen-bond acceptors (Lipinski definition) is 3. The molecule has 0 bridgehead atoms. The lowest BCUT2D eigenvalue weighted by Gasteiger charge is -2.38. The molecule has 1 N–H and O–H groups in total. The van der Waals surface area contributed by atoms with Crippen LogP contribution in [0, 0.1) is 5.41 Å². The molecule has 20 heavy (non-hydrogen) atoms. The van der Waals surface area contributed by atoms with Crippen LogP contribution in [0.4, 0.5) is 0 Å². The van der Waals surface area contributed by atoms with Gasteiger partial charge in [-0.3, -0.25) is 0 Å². The van der Waals surface area contributed by atoms with E-state index >= 15 is 0 Å². The van der Waals surface area contributed by atoms with Gasteiger partial charge in [-0.1, -0.05) is 13.8 Å². The fourth-order valence-electron chi connectivity index (χ4n) is 3.08. The summed E-state index contributed by atoms with van der Waals surface area (Å²) in [5, 5.41) is 3.74. The van der Waals surface area contributed by atoms with Crippen molar-refractivity contribution >= 4 is 0 Å². The maximum atomic E-state index is 3.74. The molecule has 0 spiro atoms. The predicted molar refractivity (Wildman–Crippen MR) is 89.3 cm³/mol. The molecule has 0 radical (unpaired) electrons. The molecule has 0 aromatic heterocycles. The molecular formula is C17H37N3. The summed E-state index contributed by atoms with van der Waals surface area (Å²) in [6.45, 7) is 16.4. The zero-order valence-corrected chi connectivity index (χ0v) is 14.9. The highest BCUT2D eigenvalue weighted by atomic mass is 15.2. The van der Waals surface area contributed by atoms with E-state index in [1.54, 1.807) is 0 Å². The smallest absolute Gasteiger partial charge is 0.0229 e. The maximum Gasteiger partial charge on any atom is 0.0229 e. The van der Waals surface area contributed by atoms with Gasteiger partial charge in [0.25, 0.3) is 0 Å². The van der Waals surface area contributed by atoms with Gasteiger partial charge in [-0.05, 0) is 66.1 Å². The van der Waals surface area contributed by atoms with Crippen LogP contribution >= 0.6 is 0 Å². The molecule has 1 heterocycles. The summed E-state index contributed by atoms with van der Waals surface area (Å²) in [5.41, 5.74) is 0.640. The largest absolute Gasteiger partial charge is 0.311 e. The number of rotatable bonds is 7. The summed E-state index contributed by atoms with van der Waals surface area (Å²) in [6.07, 6.45) is 3.84. The Hall–Kier alpha value is -0.120. The Morgan fingerprint density at radius 1 is 1.15 bits per heavy atom. The fraction of sp³-hybridized carbons (Fsp3) is 1.00. The van der Waals surface area contributed by atoms with Gasteiger partial charge < -0.3 is 15.1 Å². The van der Waals surface area contributed by atoms with Gasteiger partial charge in [0.1, 0.15) is 0 Å². The predicted octanol–water partition coefficient (Wildman–Crippen LogP) is 2.82. The number of likely N-dealkylation sites (N-methyl/N-ethyl adjacent to an activating group) is 1. The molecule has 1 rings (SSSR count). The first kappa shape index (κ1) is 17.9. The van der Waals surface area contributed by atoms with E-state index in [1.165, 1.54) is 38.9 Å². The molecule has 0 aliphatic carbocycles. The minimum Gasteiger partial charge on any atom is -0.311 e. The summed E-state index contributed by atoms with van der Waals surface area (Å²) in [7, 11) is 4.42. The second kappa shape index (κ2) is 7.24. The van der Waals surface area contributed by atoms with Crippen LogP contribution in [-0.2, 0) is 0 Å². The number of hydrogen-bond donors (Lipinski definition) is 1. The lowest BCUT2D eigenvalue weighted by atomic mass is 9.81. The van der Waals surface area contributed by atoms with Crippen LogP contribution in [0.5, 0.6) is 0 Å². The molecule has 3 nitrogen and oxygen atoms in total. The standard InChI is InChI=1S/C17H37N3/c1-8-17(9-2,13-18-16(3,4)5)14-20-11-10-15(12-20)19(6)7/h15,18H,8-14H2,1-7H3. The Morgan fingerprint density at radius 2 is 1.75 bits per heavy atom. The Balaban J connectivity index is 2.58. The van der Waals surface area contributed by atoms with Gasteiger partial charge >= 0.3 is 0 Å². The van der Waals surface area contributed by atoms with Crippen LogP contribution in [0.25, 0.3) is 0 Å². The quantitative estimate of drug-likeness (QED) is 0.775. The first-order chi connectivity index (χ1) is 9.21. The molecule has 0 saturated carbocycles. The molecule has 1 aliphatic heterocycles. The zero-order chi connectivity index (χ0) is 15.4. The monoisotopic (exact) mass is 283 g/mol. The maximum absolute atomic E-state index is 3.74. The van der Waals surface area contributed by atoms with Crippen molar-refractivity contribution in [1.82, 2.24) is 15.1 Å². The van der Waals surface area contributed by atoms with E-state index in [2.05, 4.69) is 63.8 Å². The van der Waals surface area contributed by atoms with E-state index < -0.39 is 0 Å². The van der Waals surface area contributed by atoms with Crippen molar-refractivity contribution in [1.29, 1.82) is 0 Å². The highest BCUT2D eigenvalue weighted by Crippen LogP contribution is 2.29. The molecule has 120 valence electrons. The molecule has 1 saturated heterocycles. The average Bonchev–Trinajstić information content (AvgIpc) is 2.82. The van der Waals surface area contributed by atoms with Crippen molar-refractivity contribution in [3.63, 3.8) is 0 Å². The molecule has 3 heteroatoms. The molecule has 0 aromatic carbocycles. The minimum atomic E-state index is 0.215. The Morgan fingerprint density at radius 3 is 2.15 bits per heavy atom. The van der Waals surface area contributed by atoms with Gasteiger partial charge in [-0.25, -0.2) is 0 Å². The lowest BCUT2D eigenvalue weighted by molar-refractivity contribution is 0.137. The molecule has 0 aromatic rings. The summed E-state index contributed by atoms with van der Waals surface area (Å²) in [4.78, 5) is 5.06.